The molecule has 0 unspecified atom stereocenters. The first-order valence-corrected chi connectivity index (χ1v) is 5.87. The number of thiophene rings is 1. The zero-order valence-electron chi connectivity index (χ0n) is 7.40. The quantitative estimate of drug-likeness (QED) is 0.882. The summed E-state index contributed by atoms with van der Waals surface area (Å²) in [4.78, 5) is 1.03. The molecule has 0 radical (unpaired) electrons. The average Bonchev–Trinajstić information content (AvgIpc) is 2.59. The van der Waals surface area contributed by atoms with Crippen LogP contribution in [0.25, 0.3) is 10.1 Å². The summed E-state index contributed by atoms with van der Waals surface area (Å²) in [5.74, 6) is 0. The molecule has 4 heteroatoms. The molecule has 0 amide bonds. The number of benzene rings is 1. The van der Waals surface area contributed by atoms with Crippen LogP contribution in [0.4, 0.5) is 0 Å². The molecule has 0 bridgehead atoms. The van der Waals surface area contributed by atoms with Crippen molar-refractivity contribution in [2.75, 3.05) is 6.61 Å². The minimum Gasteiger partial charge on any atom is -0.394 e. The summed E-state index contributed by atoms with van der Waals surface area (Å²) in [7, 11) is 0. The fourth-order valence-electron chi connectivity index (χ4n) is 1.30. The van der Waals surface area contributed by atoms with Gasteiger partial charge in [0.25, 0.3) is 0 Å². The van der Waals surface area contributed by atoms with E-state index in [1.807, 2.05) is 18.2 Å². The van der Waals surface area contributed by atoms with Crippen LogP contribution in [0.2, 0.25) is 0 Å². The van der Waals surface area contributed by atoms with Crippen LogP contribution in [-0.4, -0.2) is 11.7 Å². The number of fused-ring (bicyclic) bond motifs is 1. The number of hydrogen-bond donors (Lipinski definition) is 2. The lowest BCUT2D eigenvalue weighted by atomic mass is 10.2. The van der Waals surface area contributed by atoms with Crippen LogP contribution in [0.5, 0.6) is 0 Å². The van der Waals surface area contributed by atoms with Gasteiger partial charge >= 0.3 is 0 Å². The Morgan fingerprint density at radius 3 is 2.93 bits per heavy atom. The maximum atomic E-state index is 8.94. The van der Waals surface area contributed by atoms with E-state index < -0.39 is 0 Å². The molecule has 2 nitrogen and oxygen atoms in total. The highest BCUT2D eigenvalue weighted by atomic mass is 79.9. The van der Waals surface area contributed by atoms with E-state index in [9.17, 15) is 0 Å². The van der Waals surface area contributed by atoms with E-state index in [1.54, 1.807) is 11.3 Å². The molecule has 1 atom stereocenters. The second-order valence-corrected chi connectivity index (χ2v) is 5.15. The molecule has 1 heterocycles. The number of nitrogens with two attached hydrogens (primary N) is 1. The summed E-state index contributed by atoms with van der Waals surface area (Å²) < 4.78 is 2.26. The van der Waals surface area contributed by atoms with E-state index in [-0.39, 0.29) is 12.6 Å². The third-order valence-corrected chi connectivity index (χ3v) is 3.79. The lowest BCUT2D eigenvalue weighted by molar-refractivity contribution is 0.269. The van der Waals surface area contributed by atoms with Crippen molar-refractivity contribution in [3.05, 3.63) is 33.6 Å². The van der Waals surface area contributed by atoms with Crippen molar-refractivity contribution in [1.29, 1.82) is 0 Å². The van der Waals surface area contributed by atoms with Crippen LogP contribution >= 0.6 is 27.3 Å². The molecule has 0 fully saturated rings. The fourth-order valence-corrected chi connectivity index (χ4v) is 2.91. The van der Waals surface area contributed by atoms with E-state index in [4.69, 9.17) is 10.8 Å². The third kappa shape index (κ3) is 1.83. The Kier molecular flexibility index (Phi) is 2.88. The summed E-state index contributed by atoms with van der Waals surface area (Å²) >= 11 is 5.05. The van der Waals surface area contributed by atoms with Gasteiger partial charge in [0.15, 0.2) is 0 Å². The number of halogens is 1. The van der Waals surface area contributed by atoms with Crippen LogP contribution in [0.1, 0.15) is 10.9 Å². The van der Waals surface area contributed by atoms with Gasteiger partial charge in [0.2, 0.25) is 0 Å². The van der Waals surface area contributed by atoms with Gasteiger partial charge in [0.05, 0.1) is 12.6 Å². The molecule has 2 aromatic rings. The topological polar surface area (TPSA) is 46.2 Å². The molecule has 1 aromatic heterocycles. The Morgan fingerprint density at radius 1 is 1.43 bits per heavy atom. The standard InChI is InChI=1S/C10H10BrNOS/c11-7-2-1-6-3-10(8(12)5-13)14-9(6)4-7/h1-4,8,13H,5,12H2/t8-/m1/s1. The zero-order chi connectivity index (χ0) is 10.1. The molecular weight excluding hydrogens is 262 g/mol. The summed E-state index contributed by atoms with van der Waals surface area (Å²) in [6, 6.07) is 7.89. The summed E-state index contributed by atoms with van der Waals surface area (Å²) in [5, 5.41) is 10.1. The molecule has 1 aromatic carbocycles. The van der Waals surface area contributed by atoms with Gasteiger partial charge in [-0.2, -0.15) is 0 Å². The van der Waals surface area contributed by atoms with Crippen molar-refractivity contribution in [2.45, 2.75) is 6.04 Å². The van der Waals surface area contributed by atoms with Crippen molar-refractivity contribution >= 4 is 37.4 Å². The molecule has 0 aliphatic rings. The van der Waals surface area contributed by atoms with Crippen LogP contribution < -0.4 is 5.73 Å². The first kappa shape index (κ1) is 10.1. The minimum atomic E-state index is -0.258. The van der Waals surface area contributed by atoms with E-state index in [1.165, 1.54) is 10.1 Å². The highest BCUT2D eigenvalue weighted by Crippen LogP contribution is 2.30. The Balaban J connectivity index is 2.51. The number of aliphatic hydroxyl groups is 1. The predicted octanol–water partition coefficient (Wildman–Crippen LogP) is 2.66. The zero-order valence-corrected chi connectivity index (χ0v) is 9.81. The molecule has 2 rings (SSSR count). The molecule has 0 aliphatic heterocycles. The maximum absolute atomic E-state index is 8.94. The Bertz CT molecular complexity index is 454. The molecule has 74 valence electrons. The SMILES string of the molecule is N[C@H](CO)c1cc2ccc(Br)cc2s1. The first-order valence-electron chi connectivity index (χ1n) is 4.26. The maximum Gasteiger partial charge on any atom is 0.0632 e. The van der Waals surface area contributed by atoms with Crippen LogP contribution in [0.15, 0.2) is 28.7 Å². The van der Waals surface area contributed by atoms with Gasteiger partial charge in [-0.3, -0.25) is 0 Å². The van der Waals surface area contributed by atoms with Crippen molar-refractivity contribution in [1.82, 2.24) is 0 Å². The van der Waals surface area contributed by atoms with E-state index in [0.717, 1.165) is 9.35 Å². The highest BCUT2D eigenvalue weighted by molar-refractivity contribution is 9.10. The van der Waals surface area contributed by atoms with E-state index in [0.29, 0.717) is 0 Å². The second-order valence-electron chi connectivity index (χ2n) is 3.12. The number of hydrogen-bond acceptors (Lipinski definition) is 3. The van der Waals surface area contributed by atoms with Gasteiger partial charge < -0.3 is 10.8 Å². The van der Waals surface area contributed by atoms with Gasteiger partial charge in [-0.25, -0.2) is 0 Å². The normalized spacial score (nSPS) is 13.4. The Labute approximate surface area is 94.5 Å². The molecule has 14 heavy (non-hydrogen) atoms. The van der Waals surface area contributed by atoms with Crippen LogP contribution in [0.3, 0.4) is 0 Å². The van der Waals surface area contributed by atoms with Gasteiger partial charge in [-0.05, 0) is 23.6 Å². The minimum absolute atomic E-state index is 0.00596. The highest BCUT2D eigenvalue weighted by Gasteiger charge is 2.08. The summed E-state index contributed by atoms with van der Waals surface area (Å²) in [5.41, 5.74) is 5.74. The van der Waals surface area contributed by atoms with Gasteiger partial charge in [-0.15, -0.1) is 11.3 Å². The monoisotopic (exact) mass is 271 g/mol. The molecule has 0 spiro atoms. The van der Waals surface area contributed by atoms with E-state index in [2.05, 4.69) is 22.0 Å². The van der Waals surface area contributed by atoms with Gasteiger partial charge in [0.1, 0.15) is 0 Å². The largest absolute Gasteiger partial charge is 0.394 e. The van der Waals surface area contributed by atoms with Crippen molar-refractivity contribution in [3.8, 4) is 0 Å². The third-order valence-electron chi connectivity index (χ3n) is 2.06. The van der Waals surface area contributed by atoms with Crippen LogP contribution in [0, 0.1) is 0 Å². The Morgan fingerprint density at radius 2 is 2.21 bits per heavy atom. The second kappa shape index (κ2) is 3.98. The number of rotatable bonds is 2. The lowest BCUT2D eigenvalue weighted by Gasteiger charge is -2.02. The summed E-state index contributed by atoms with van der Waals surface area (Å²) in [6.45, 7) is -0.00596. The molecule has 0 saturated heterocycles. The summed E-state index contributed by atoms with van der Waals surface area (Å²) in [6.07, 6.45) is 0. The number of aliphatic hydroxyl groups excluding tert-OH is 1. The van der Waals surface area contributed by atoms with Gasteiger partial charge in [-0.1, -0.05) is 22.0 Å². The van der Waals surface area contributed by atoms with E-state index >= 15 is 0 Å². The molecule has 3 N–H and O–H groups in total. The Hall–Kier alpha value is -0.420. The average molecular weight is 272 g/mol. The molecule has 0 aliphatic carbocycles. The fraction of sp³-hybridized carbons (Fsp3) is 0.200. The lowest BCUT2D eigenvalue weighted by Crippen LogP contribution is -2.12. The first-order chi connectivity index (χ1) is 6.70. The van der Waals surface area contributed by atoms with Crippen molar-refractivity contribution < 1.29 is 5.11 Å². The molecular formula is C10H10BrNOS. The van der Waals surface area contributed by atoms with Crippen molar-refractivity contribution in [2.24, 2.45) is 5.73 Å². The molecule has 0 saturated carbocycles. The predicted molar refractivity (Wildman–Crippen MR) is 63.5 cm³/mol. The van der Waals surface area contributed by atoms with Crippen LogP contribution in [-0.2, 0) is 0 Å². The van der Waals surface area contributed by atoms with Gasteiger partial charge in [0, 0.05) is 14.0 Å². The van der Waals surface area contributed by atoms with Crippen molar-refractivity contribution in [3.63, 3.8) is 0 Å². The smallest absolute Gasteiger partial charge is 0.0632 e.